The number of hydrogen-bond donors (Lipinski definition) is 1. The van der Waals surface area contributed by atoms with Gasteiger partial charge in [-0.2, -0.15) is 5.10 Å². The van der Waals surface area contributed by atoms with E-state index in [9.17, 15) is 0 Å². The fourth-order valence-corrected chi connectivity index (χ4v) is 2.55. The first kappa shape index (κ1) is 14.9. The maximum Gasteiger partial charge on any atom is 0.0828 e. The van der Waals surface area contributed by atoms with Gasteiger partial charge in [-0.05, 0) is 52.3 Å². The molecule has 20 heavy (non-hydrogen) atoms. The average molecular weight is 292 g/mol. The third kappa shape index (κ3) is 2.98. The summed E-state index contributed by atoms with van der Waals surface area (Å²) in [7, 11) is 0. The van der Waals surface area contributed by atoms with E-state index >= 15 is 0 Å². The Morgan fingerprint density at radius 1 is 1.10 bits per heavy atom. The second-order valence-electron chi connectivity index (χ2n) is 5.50. The van der Waals surface area contributed by atoms with Gasteiger partial charge in [-0.3, -0.25) is 4.68 Å². The van der Waals surface area contributed by atoms with Gasteiger partial charge in [-0.15, -0.1) is 0 Å². The van der Waals surface area contributed by atoms with Crippen LogP contribution < -0.4 is 5.32 Å². The number of benzene rings is 1. The molecule has 0 aliphatic rings. The Hall–Kier alpha value is -1.48. The topological polar surface area (TPSA) is 29.9 Å². The number of rotatable bonds is 4. The van der Waals surface area contributed by atoms with Crippen molar-refractivity contribution < 1.29 is 0 Å². The summed E-state index contributed by atoms with van der Waals surface area (Å²) in [4.78, 5) is 0. The Morgan fingerprint density at radius 2 is 1.70 bits per heavy atom. The zero-order valence-electron chi connectivity index (χ0n) is 12.7. The van der Waals surface area contributed by atoms with Crippen LogP contribution in [0.5, 0.6) is 0 Å². The Bertz CT molecular complexity index is 585. The zero-order chi connectivity index (χ0) is 14.9. The molecule has 0 fully saturated rings. The van der Waals surface area contributed by atoms with Crippen molar-refractivity contribution in [2.45, 2.75) is 46.7 Å². The minimum Gasteiger partial charge on any atom is -0.376 e. The van der Waals surface area contributed by atoms with Crippen LogP contribution in [0.15, 0.2) is 24.3 Å². The summed E-state index contributed by atoms with van der Waals surface area (Å²) in [5.74, 6) is 0. The third-order valence-electron chi connectivity index (χ3n) is 3.54. The van der Waals surface area contributed by atoms with Gasteiger partial charge < -0.3 is 5.32 Å². The number of anilines is 1. The summed E-state index contributed by atoms with van der Waals surface area (Å²) in [6.45, 7) is 10.6. The highest BCUT2D eigenvalue weighted by atomic mass is 35.5. The van der Waals surface area contributed by atoms with Crippen molar-refractivity contribution in [2.75, 3.05) is 5.32 Å². The fraction of sp³-hybridized carbons (Fsp3) is 0.438. The maximum atomic E-state index is 5.93. The summed E-state index contributed by atoms with van der Waals surface area (Å²) < 4.78 is 2.06. The molecular formula is C16H22ClN3. The van der Waals surface area contributed by atoms with Gasteiger partial charge >= 0.3 is 0 Å². The highest BCUT2D eigenvalue weighted by molar-refractivity contribution is 6.30. The molecule has 0 saturated heterocycles. The van der Waals surface area contributed by atoms with Gasteiger partial charge in [0.15, 0.2) is 0 Å². The second kappa shape index (κ2) is 5.88. The molecule has 0 saturated carbocycles. The van der Waals surface area contributed by atoms with Crippen LogP contribution in [0.25, 0.3) is 0 Å². The maximum absolute atomic E-state index is 5.93. The normalized spacial score (nSPS) is 12.8. The van der Waals surface area contributed by atoms with Gasteiger partial charge in [0, 0.05) is 17.1 Å². The molecule has 1 heterocycles. The lowest BCUT2D eigenvalue weighted by Crippen LogP contribution is -2.09. The molecule has 0 radical (unpaired) electrons. The summed E-state index contributed by atoms with van der Waals surface area (Å²) in [6, 6.07) is 8.54. The summed E-state index contributed by atoms with van der Waals surface area (Å²) in [6.07, 6.45) is 0. The highest BCUT2D eigenvalue weighted by Gasteiger charge is 2.15. The molecule has 0 aliphatic heterocycles. The van der Waals surface area contributed by atoms with Crippen LogP contribution in [0.4, 0.5) is 5.69 Å². The Morgan fingerprint density at radius 3 is 2.20 bits per heavy atom. The molecule has 108 valence electrons. The highest BCUT2D eigenvalue weighted by Crippen LogP contribution is 2.27. The quantitative estimate of drug-likeness (QED) is 0.867. The van der Waals surface area contributed by atoms with Crippen molar-refractivity contribution in [3.05, 3.63) is 46.2 Å². The van der Waals surface area contributed by atoms with Gasteiger partial charge in [-0.1, -0.05) is 23.7 Å². The number of nitrogens with one attached hydrogen (secondary N) is 1. The van der Waals surface area contributed by atoms with Gasteiger partial charge in [0.2, 0.25) is 0 Å². The van der Waals surface area contributed by atoms with E-state index in [4.69, 9.17) is 11.6 Å². The Balaban J connectivity index is 2.23. The number of aromatic nitrogens is 2. The van der Waals surface area contributed by atoms with Crippen LogP contribution in [0.3, 0.4) is 0 Å². The number of halogens is 1. The van der Waals surface area contributed by atoms with Crippen LogP contribution in [0.2, 0.25) is 5.02 Å². The first-order valence-electron chi connectivity index (χ1n) is 6.98. The standard InChI is InChI=1S/C16H22ClN3/c1-10(2)20-13(5)16(12(4)19-20)18-11(3)14-6-8-15(17)9-7-14/h6-11,18H,1-5H3. The van der Waals surface area contributed by atoms with Crippen molar-refractivity contribution in [1.82, 2.24) is 9.78 Å². The molecule has 0 aliphatic carbocycles. The SMILES string of the molecule is Cc1nn(C(C)C)c(C)c1NC(C)c1ccc(Cl)cc1. The molecule has 4 heteroatoms. The molecule has 0 amide bonds. The lowest BCUT2D eigenvalue weighted by atomic mass is 10.1. The Kier molecular flexibility index (Phi) is 4.39. The third-order valence-corrected chi connectivity index (χ3v) is 3.80. The molecule has 1 unspecified atom stereocenters. The summed E-state index contributed by atoms with van der Waals surface area (Å²) in [5, 5.41) is 8.93. The van der Waals surface area contributed by atoms with Gasteiger partial charge in [0.25, 0.3) is 0 Å². The average Bonchev–Trinajstić information content (AvgIpc) is 2.67. The molecule has 2 aromatic rings. The lowest BCUT2D eigenvalue weighted by Gasteiger charge is -2.16. The first-order chi connectivity index (χ1) is 9.40. The second-order valence-corrected chi connectivity index (χ2v) is 5.94. The van der Waals surface area contributed by atoms with Crippen LogP contribution in [0.1, 0.15) is 49.8 Å². The molecule has 1 aromatic heterocycles. The smallest absolute Gasteiger partial charge is 0.0828 e. The van der Waals surface area contributed by atoms with Gasteiger partial charge in [-0.25, -0.2) is 0 Å². The van der Waals surface area contributed by atoms with E-state index < -0.39 is 0 Å². The fourth-order valence-electron chi connectivity index (χ4n) is 2.43. The van der Waals surface area contributed by atoms with Gasteiger partial charge in [0.05, 0.1) is 17.1 Å². The van der Waals surface area contributed by atoms with Crippen molar-refractivity contribution in [3.8, 4) is 0 Å². The molecule has 1 N–H and O–H groups in total. The Labute approximate surface area is 126 Å². The van der Waals surface area contributed by atoms with E-state index in [1.54, 1.807) is 0 Å². The molecular weight excluding hydrogens is 270 g/mol. The van der Waals surface area contributed by atoms with Crippen LogP contribution >= 0.6 is 11.6 Å². The monoisotopic (exact) mass is 291 g/mol. The van der Waals surface area contributed by atoms with Crippen molar-refractivity contribution in [1.29, 1.82) is 0 Å². The predicted molar refractivity (Wildman–Crippen MR) is 85.6 cm³/mol. The van der Waals surface area contributed by atoms with E-state index in [2.05, 4.69) is 54.9 Å². The number of nitrogens with zero attached hydrogens (tertiary/aromatic N) is 2. The summed E-state index contributed by atoms with van der Waals surface area (Å²) >= 11 is 5.93. The molecule has 0 spiro atoms. The van der Waals surface area contributed by atoms with E-state index in [0.717, 1.165) is 16.4 Å². The zero-order valence-corrected chi connectivity index (χ0v) is 13.5. The van der Waals surface area contributed by atoms with Crippen molar-refractivity contribution in [3.63, 3.8) is 0 Å². The van der Waals surface area contributed by atoms with E-state index in [-0.39, 0.29) is 6.04 Å². The number of hydrogen-bond acceptors (Lipinski definition) is 2. The molecule has 1 atom stereocenters. The largest absolute Gasteiger partial charge is 0.376 e. The predicted octanol–water partition coefficient (Wildman–Crippen LogP) is 4.91. The van der Waals surface area contributed by atoms with E-state index in [1.165, 1.54) is 11.3 Å². The van der Waals surface area contributed by atoms with Crippen LogP contribution in [-0.2, 0) is 0 Å². The van der Waals surface area contributed by atoms with E-state index in [0.29, 0.717) is 6.04 Å². The minimum atomic E-state index is 0.217. The van der Waals surface area contributed by atoms with Crippen molar-refractivity contribution >= 4 is 17.3 Å². The van der Waals surface area contributed by atoms with Crippen LogP contribution in [0, 0.1) is 13.8 Å². The van der Waals surface area contributed by atoms with Crippen LogP contribution in [-0.4, -0.2) is 9.78 Å². The summed E-state index contributed by atoms with van der Waals surface area (Å²) in [5.41, 5.74) is 4.56. The van der Waals surface area contributed by atoms with E-state index in [1.807, 2.05) is 19.1 Å². The van der Waals surface area contributed by atoms with Gasteiger partial charge in [0.1, 0.15) is 0 Å². The first-order valence-corrected chi connectivity index (χ1v) is 7.35. The molecule has 3 nitrogen and oxygen atoms in total. The molecule has 2 rings (SSSR count). The lowest BCUT2D eigenvalue weighted by molar-refractivity contribution is 0.516. The molecule has 0 bridgehead atoms. The van der Waals surface area contributed by atoms with Crippen molar-refractivity contribution in [2.24, 2.45) is 0 Å². The molecule has 1 aromatic carbocycles. The minimum absolute atomic E-state index is 0.217. The number of aryl methyl sites for hydroxylation is 1.